The molecule has 0 spiro atoms. The van der Waals surface area contributed by atoms with Gasteiger partial charge in [-0.1, -0.05) is 6.42 Å². The van der Waals surface area contributed by atoms with Crippen LogP contribution in [0.25, 0.3) is 0 Å². The molecule has 3 N–H and O–H groups in total. The normalized spacial score (nSPS) is 17.0. The molecule has 0 aliphatic carbocycles. The van der Waals surface area contributed by atoms with Crippen LogP contribution in [0.15, 0.2) is 18.2 Å². The molecule has 0 radical (unpaired) electrons. The van der Waals surface area contributed by atoms with Crippen LogP contribution in [0, 0.1) is 6.92 Å². The van der Waals surface area contributed by atoms with Gasteiger partial charge in [-0.25, -0.2) is 0 Å². The molecule has 1 saturated heterocycles. The lowest BCUT2D eigenvalue weighted by Gasteiger charge is -2.26. The minimum atomic E-state index is 0.838. The molecule has 3 heteroatoms. The predicted octanol–water partition coefficient (Wildman–Crippen LogP) is 2.48. The number of nitrogens with one attached hydrogen (secondary N) is 1. The number of aryl methyl sites for hydroxylation is 1. The summed E-state index contributed by atoms with van der Waals surface area (Å²) in [6.45, 7) is 6.73. The second-order valence-corrected chi connectivity index (χ2v) is 4.96. The maximum absolute atomic E-state index is 5.82. The van der Waals surface area contributed by atoms with Crippen LogP contribution in [0.1, 0.15) is 24.8 Å². The van der Waals surface area contributed by atoms with E-state index in [1.807, 2.05) is 12.1 Å². The summed E-state index contributed by atoms with van der Waals surface area (Å²) in [7, 11) is 0. The lowest BCUT2D eigenvalue weighted by molar-refractivity contribution is 0.237. The first kappa shape index (κ1) is 12.2. The van der Waals surface area contributed by atoms with Crippen LogP contribution in [0.2, 0.25) is 0 Å². The summed E-state index contributed by atoms with van der Waals surface area (Å²) in [6.07, 6.45) is 4.12. The van der Waals surface area contributed by atoms with Gasteiger partial charge in [-0.15, -0.1) is 0 Å². The average Bonchev–Trinajstić information content (AvgIpc) is 2.29. The van der Waals surface area contributed by atoms with Crippen LogP contribution in [-0.4, -0.2) is 31.1 Å². The van der Waals surface area contributed by atoms with Crippen LogP contribution in [0.3, 0.4) is 0 Å². The zero-order valence-corrected chi connectivity index (χ0v) is 10.7. The van der Waals surface area contributed by atoms with Gasteiger partial charge < -0.3 is 16.0 Å². The van der Waals surface area contributed by atoms with Crippen molar-refractivity contribution in [3.05, 3.63) is 23.8 Å². The van der Waals surface area contributed by atoms with Gasteiger partial charge in [-0.05, 0) is 56.6 Å². The Morgan fingerprint density at radius 3 is 2.65 bits per heavy atom. The summed E-state index contributed by atoms with van der Waals surface area (Å²) in [5.41, 5.74) is 9.01. The number of nitrogen functional groups attached to an aromatic ring is 1. The van der Waals surface area contributed by atoms with Crippen molar-refractivity contribution in [3.8, 4) is 0 Å². The van der Waals surface area contributed by atoms with E-state index in [1.54, 1.807) is 0 Å². The molecule has 2 rings (SSSR count). The highest BCUT2D eigenvalue weighted by molar-refractivity contribution is 5.56. The monoisotopic (exact) mass is 233 g/mol. The number of piperidine rings is 1. The molecule has 0 saturated carbocycles. The Bertz CT molecular complexity index is 336. The van der Waals surface area contributed by atoms with Crippen LogP contribution in [-0.2, 0) is 0 Å². The molecular formula is C14H23N3. The van der Waals surface area contributed by atoms with E-state index in [-0.39, 0.29) is 0 Å². The standard InChI is InChI=1S/C14H23N3/c1-12-9-13(15)11-14(10-12)16-5-8-17-6-3-2-4-7-17/h9-11,16H,2-8,15H2,1H3. The van der Waals surface area contributed by atoms with Gasteiger partial charge in [-0.2, -0.15) is 0 Å². The molecule has 1 heterocycles. The smallest absolute Gasteiger partial charge is 0.0363 e. The van der Waals surface area contributed by atoms with Crippen LogP contribution < -0.4 is 11.1 Å². The second kappa shape index (κ2) is 5.92. The van der Waals surface area contributed by atoms with Crippen molar-refractivity contribution in [1.82, 2.24) is 4.90 Å². The van der Waals surface area contributed by atoms with Gasteiger partial charge in [0.1, 0.15) is 0 Å². The average molecular weight is 233 g/mol. The molecule has 3 nitrogen and oxygen atoms in total. The zero-order valence-electron chi connectivity index (χ0n) is 10.7. The lowest BCUT2D eigenvalue weighted by Crippen LogP contribution is -2.33. The van der Waals surface area contributed by atoms with Crippen molar-refractivity contribution in [2.24, 2.45) is 0 Å². The molecule has 1 aromatic rings. The first-order chi connectivity index (χ1) is 8.24. The predicted molar refractivity (Wildman–Crippen MR) is 74.4 cm³/mol. The first-order valence-corrected chi connectivity index (χ1v) is 6.57. The number of anilines is 2. The molecule has 17 heavy (non-hydrogen) atoms. The molecule has 0 amide bonds. The number of hydrogen-bond acceptors (Lipinski definition) is 3. The van der Waals surface area contributed by atoms with Crippen LogP contribution >= 0.6 is 0 Å². The molecule has 1 aromatic carbocycles. The highest BCUT2D eigenvalue weighted by Crippen LogP contribution is 2.15. The second-order valence-electron chi connectivity index (χ2n) is 4.96. The summed E-state index contributed by atoms with van der Waals surface area (Å²) in [4.78, 5) is 2.54. The maximum atomic E-state index is 5.82. The van der Waals surface area contributed by atoms with Crippen molar-refractivity contribution in [3.63, 3.8) is 0 Å². The third-order valence-corrected chi connectivity index (χ3v) is 3.31. The Hall–Kier alpha value is -1.22. The van der Waals surface area contributed by atoms with E-state index < -0.39 is 0 Å². The molecule has 1 aliphatic heterocycles. The van der Waals surface area contributed by atoms with Gasteiger partial charge in [0.15, 0.2) is 0 Å². The van der Waals surface area contributed by atoms with E-state index in [2.05, 4.69) is 23.2 Å². The largest absolute Gasteiger partial charge is 0.399 e. The van der Waals surface area contributed by atoms with Crippen molar-refractivity contribution in [1.29, 1.82) is 0 Å². The lowest BCUT2D eigenvalue weighted by atomic mass is 10.1. The Labute approximate surface area is 104 Å². The van der Waals surface area contributed by atoms with Crippen LogP contribution in [0.5, 0.6) is 0 Å². The molecule has 94 valence electrons. The Kier molecular flexibility index (Phi) is 4.26. The van der Waals surface area contributed by atoms with E-state index in [1.165, 1.54) is 37.9 Å². The molecular weight excluding hydrogens is 210 g/mol. The number of benzene rings is 1. The molecule has 1 aliphatic rings. The fourth-order valence-electron chi connectivity index (χ4n) is 2.46. The number of hydrogen-bond donors (Lipinski definition) is 2. The molecule has 1 fully saturated rings. The topological polar surface area (TPSA) is 41.3 Å². The fourth-order valence-corrected chi connectivity index (χ4v) is 2.46. The molecule has 0 atom stereocenters. The summed E-state index contributed by atoms with van der Waals surface area (Å²) < 4.78 is 0. The highest BCUT2D eigenvalue weighted by Gasteiger charge is 2.08. The van der Waals surface area contributed by atoms with Gasteiger partial charge in [-0.3, -0.25) is 0 Å². The quantitative estimate of drug-likeness (QED) is 0.785. The van der Waals surface area contributed by atoms with E-state index in [4.69, 9.17) is 5.73 Å². The van der Waals surface area contributed by atoms with E-state index in [0.717, 1.165) is 24.5 Å². The molecule has 0 bridgehead atoms. The number of rotatable bonds is 4. The Morgan fingerprint density at radius 1 is 1.18 bits per heavy atom. The van der Waals surface area contributed by atoms with Gasteiger partial charge in [0.2, 0.25) is 0 Å². The molecule has 0 aromatic heterocycles. The summed E-state index contributed by atoms with van der Waals surface area (Å²) in [6, 6.07) is 6.14. The van der Waals surface area contributed by atoms with Gasteiger partial charge in [0.05, 0.1) is 0 Å². The maximum Gasteiger partial charge on any atom is 0.0363 e. The molecule has 0 unspecified atom stereocenters. The van der Waals surface area contributed by atoms with Crippen molar-refractivity contribution < 1.29 is 0 Å². The SMILES string of the molecule is Cc1cc(N)cc(NCCN2CCCCC2)c1. The van der Waals surface area contributed by atoms with Crippen molar-refractivity contribution >= 4 is 11.4 Å². The van der Waals surface area contributed by atoms with E-state index >= 15 is 0 Å². The number of nitrogens with two attached hydrogens (primary N) is 1. The zero-order chi connectivity index (χ0) is 12.1. The third-order valence-electron chi connectivity index (χ3n) is 3.31. The highest BCUT2D eigenvalue weighted by atomic mass is 15.1. The number of likely N-dealkylation sites (tertiary alicyclic amines) is 1. The van der Waals surface area contributed by atoms with Crippen molar-refractivity contribution in [2.75, 3.05) is 37.2 Å². The van der Waals surface area contributed by atoms with E-state index in [9.17, 15) is 0 Å². The minimum absolute atomic E-state index is 0.838. The first-order valence-electron chi connectivity index (χ1n) is 6.57. The van der Waals surface area contributed by atoms with Gasteiger partial charge in [0, 0.05) is 24.5 Å². The van der Waals surface area contributed by atoms with Crippen LogP contribution in [0.4, 0.5) is 11.4 Å². The summed E-state index contributed by atoms with van der Waals surface area (Å²) in [5, 5.41) is 3.45. The summed E-state index contributed by atoms with van der Waals surface area (Å²) >= 11 is 0. The van der Waals surface area contributed by atoms with Gasteiger partial charge >= 0.3 is 0 Å². The number of nitrogens with zero attached hydrogens (tertiary/aromatic N) is 1. The summed E-state index contributed by atoms with van der Waals surface area (Å²) in [5.74, 6) is 0. The van der Waals surface area contributed by atoms with Crippen molar-refractivity contribution in [2.45, 2.75) is 26.2 Å². The fraction of sp³-hybridized carbons (Fsp3) is 0.571. The Morgan fingerprint density at radius 2 is 1.94 bits per heavy atom. The van der Waals surface area contributed by atoms with Gasteiger partial charge in [0.25, 0.3) is 0 Å². The third kappa shape index (κ3) is 3.93. The minimum Gasteiger partial charge on any atom is -0.399 e. The Balaban J connectivity index is 1.77. The van der Waals surface area contributed by atoms with E-state index in [0.29, 0.717) is 0 Å².